The van der Waals surface area contributed by atoms with Gasteiger partial charge in [-0.3, -0.25) is 0 Å². The minimum atomic E-state index is 1.20. The lowest BCUT2D eigenvalue weighted by Gasteiger charge is -2.12. The summed E-state index contributed by atoms with van der Waals surface area (Å²) in [5.41, 5.74) is 10.2. The van der Waals surface area contributed by atoms with E-state index in [4.69, 9.17) is 0 Å². The quantitative estimate of drug-likeness (QED) is 0.305. The van der Waals surface area contributed by atoms with E-state index in [1.54, 1.807) is 0 Å². The maximum Gasteiger partial charge on any atom is 0.0477 e. The van der Waals surface area contributed by atoms with Crippen LogP contribution >= 0.6 is 0 Å². The third-order valence-corrected chi connectivity index (χ3v) is 6.31. The molecule has 0 spiro atoms. The molecule has 0 saturated heterocycles. The molecule has 1 aromatic heterocycles. The maximum absolute atomic E-state index is 3.70. The van der Waals surface area contributed by atoms with Gasteiger partial charge in [0.15, 0.2) is 0 Å². The number of rotatable bonds is 1. The largest absolute Gasteiger partial charge is 0.354 e. The second-order valence-electron chi connectivity index (χ2n) is 7.87. The fourth-order valence-electron chi connectivity index (χ4n) is 5.10. The SMILES string of the molecule is c1ccc(-c2cc3c4c(c2)[nH]c2cccc(c24)-c2cccc4cccc-3c24)cc1. The van der Waals surface area contributed by atoms with Gasteiger partial charge < -0.3 is 4.98 Å². The van der Waals surface area contributed by atoms with E-state index in [1.807, 2.05) is 0 Å². The van der Waals surface area contributed by atoms with Crippen molar-refractivity contribution in [1.29, 1.82) is 0 Å². The Morgan fingerprint density at radius 2 is 1.07 bits per heavy atom. The van der Waals surface area contributed by atoms with Crippen molar-refractivity contribution in [1.82, 2.24) is 4.98 Å². The van der Waals surface area contributed by atoms with Gasteiger partial charge in [0.05, 0.1) is 0 Å². The molecule has 0 fully saturated rings. The van der Waals surface area contributed by atoms with E-state index in [0.717, 1.165) is 0 Å². The summed E-state index contributed by atoms with van der Waals surface area (Å²) in [6, 6.07) is 35.3. The number of aromatic nitrogens is 1. The number of H-pyrrole nitrogens is 1. The molecule has 0 amide bonds. The summed E-state index contributed by atoms with van der Waals surface area (Å²) in [4.78, 5) is 3.70. The standard InChI is InChI=1S/C28H17N/c1-2-7-17(8-3-1)19-15-23-22-12-5-10-18-9-4-11-20(26(18)22)21-13-6-14-24-27(21)28(23)25(16-19)29-24/h1-16,29H. The van der Waals surface area contributed by atoms with Crippen LogP contribution in [0.25, 0.3) is 66.0 Å². The molecule has 0 saturated carbocycles. The monoisotopic (exact) mass is 367 g/mol. The Balaban J connectivity index is 1.76. The number of benzene rings is 5. The Labute approximate surface area is 168 Å². The van der Waals surface area contributed by atoms with Crippen molar-refractivity contribution < 1.29 is 0 Å². The van der Waals surface area contributed by atoms with E-state index in [0.29, 0.717) is 0 Å². The summed E-state index contributed by atoms with van der Waals surface area (Å²) < 4.78 is 0. The van der Waals surface area contributed by atoms with Crippen LogP contribution in [-0.2, 0) is 0 Å². The fraction of sp³-hybridized carbons (Fsp3) is 0. The third kappa shape index (κ3) is 1.94. The normalized spacial score (nSPS) is 12.1. The van der Waals surface area contributed by atoms with E-state index < -0.39 is 0 Å². The van der Waals surface area contributed by atoms with Crippen molar-refractivity contribution in [2.24, 2.45) is 0 Å². The molecule has 1 heteroatoms. The Morgan fingerprint density at radius 1 is 0.414 bits per heavy atom. The van der Waals surface area contributed by atoms with E-state index in [9.17, 15) is 0 Å². The van der Waals surface area contributed by atoms with Crippen molar-refractivity contribution in [2.75, 3.05) is 0 Å². The van der Waals surface area contributed by atoms with Gasteiger partial charge in [-0.1, -0.05) is 78.9 Å². The van der Waals surface area contributed by atoms with Crippen LogP contribution in [0, 0.1) is 0 Å². The molecule has 0 unspecified atom stereocenters. The number of hydrogen-bond donors (Lipinski definition) is 1. The molecule has 29 heavy (non-hydrogen) atoms. The lowest BCUT2D eigenvalue weighted by Crippen LogP contribution is -1.86. The molecule has 0 atom stereocenters. The summed E-state index contributed by atoms with van der Waals surface area (Å²) in [5, 5.41) is 5.31. The summed E-state index contributed by atoms with van der Waals surface area (Å²) in [6.45, 7) is 0. The zero-order chi connectivity index (χ0) is 18.9. The predicted octanol–water partition coefficient (Wildman–Crippen LogP) is 7.79. The van der Waals surface area contributed by atoms with E-state index in [2.05, 4.69) is 102 Å². The first-order valence-corrected chi connectivity index (χ1v) is 10.0. The fourth-order valence-corrected chi connectivity index (χ4v) is 5.10. The second-order valence-corrected chi connectivity index (χ2v) is 7.87. The maximum atomic E-state index is 3.70. The number of hydrogen-bond acceptors (Lipinski definition) is 0. The van der Waals surface area contributed by atoms with Gasteiger partial charge in [-0.05, 0) is 62.4 Å². The van der Waals surface area contributed by atoms with E-state index >= 15 is 0 Å². The Morgan fingerprint density at radius 3 is 1.86 bits per heavy atom. The van der Waals surface area contributed by atoms with Crippen molar-refractivity contribution in [3.8, 4) is 33.4 Å². The van der Waals surface area contributed by atoms with Gasteiger partial charge in [-0.15, -0.1) is 0 Å². The molecule has 1 heterocycles. The van der Waals surface area contributed by atoms with Crippen LogP contribution in [-0.4, -0.2) is 4.98 Å². The first-order chi connectivity index (χ1) is 14.4. The second kappa shape index (κ2) is 5.36. The van der Waals surface area contributed by atoms with Crippen LogP contribution in [0.15, 0.2) is 97.1 Å². The molecule has 1 N–H and O–H groups in total. The average Bonchev–Trinajstić information content (AvgIpc) is 3.11. The molecule has 1 aliphatic carbocycles. The van der Waals surface area contributed by atoms with Crippen LogP contribution in [0.5, 0.6) is 0 Å². The van der Waals surface area contributed by atoms with Gasteiger partial charge in [-0.25, -0.2) is 0 Å². The predicted molar refractivity (Wildman–Crippen MR) is 123 cm³/mol. The molecule has 5 aromatic carbocycles. The van der Waals surface area contributed by atoms with E-state index in [1.165, 1.54) is 66.0 Å². The van der Waals surface area contributed by atoms with E-state index in [-0.39, 0.29) is 0 Å². The highest BCUT2D eigenvalue weighted by Crippen LogP contribution is 2.48. The zero-order valence-electron chi connectivity index (χ0n) is 15.7. The molecule has 0 bridgehead atoms. The van der Waals surface area contributed by atoms with Gasteiger partial charge in [0.1, 0.15) is 0 Å². The van der Waals surface area contributed by atoms with Gasteiger partial charge >= 0.3 is 0 Å². The molecule has 0 radical (unpaired) electrons. The molecule has 6 aromatic rings. The smallest absolute Gasteiger partial charge is 0.0477 e. The highest BCUT2D eigenvalue weighted by Gasteiger charge is 2.22. The minimum absolute atomic E-state index is 1.20. The number of fused-ring (bicyclic) bond motifs is 2. The molecule has 0 aliphatic heterocycles. The van der Waals surface area contributed by atoms with Gasteiger partial charge in [0, 0.05) is 21.8 Å². The lowest BCUT2D eigenvalue weighted by atomic mass is 9.92. The third-order valence-electron chi connectivity index (χ3n) is 6.31. The highest BCUT2D eigenvalue weighted by molar-refractivity contribution is 6.26. The molecule has 1 nitrogen and oxygen atoms in total. The lowest BCUT2D eigenvalue weighted by molar-refractivity contribution is 1.53. The first-order valence-electron chi connectivity index (χ1n) is 10.0. The van der Waals surface area contributed by atoms with Crippen molar-refractivity contribution in [3.05, 3.63) is 97.1 Å². The molecular weight excluding hydrogens is 350 g/mol. The summed E-state index contributed by atoms with van der Waals surface area (Å²) in [7, 11) is 0. The molecule has 134 valence electrons. The summed E-state index contributed by atoms with van der Waals surface area (Å²) in [5.74, 6) is 0. The topological polar surface area (TPSA) is 15.8 Å². The van der Waals surface area contributed by atoms with Crippen molar-refractivity contribution in [2.45, 2.75) is 0 Å². The van der Waals surface area contributed by atoms with Gasteiger partial charge in [-0.2, -0.15) is 0 Å². The average molecular weight is 367 g/mol. The van der Waals surface area contributed by atoms with Crippen molar-refractivity contribution >= 4 is 32.6 Å². The summed E-state index contributed by atoms with van der Waals surface area (Å²) >= 11 is 0. The molecule has 7 rings (SSSR count). The Hall–Kier alpha value is -3.84. The highest BCUT2D eigenvalue weighted by atomic mass is 14.7. The number of aromatic amines is 1. The minimum Gasteiger partial charge on any atom is -0.354 e. The molecule has 1 aliphatic rings. The zero-order valence-corrected chi connectivity index (χ0v) is 15.7. The Kier molecular flexibility index (Phi) is 2.80. The summed E-state index contributed by atoms with van der Waals surface area (Å²) in [6.07, 6.45) is 0. The van der Waals surface area contributed by atoms with Crippen LogP contribution in [0.2, 0.25) is 0 Å². The Bertz CT molecular complexity index is 1580. The van der Waals surface area contributed by atoms with Crippen LogP contribution < -0.4 is 0 Å². The number of nitrogens with one attached hydrogen (secondary N) is 1. The first kappa shape index (κ1) is 15.1. The molecular formula is C28H17N. The van der Waals surface area contributed by atoms with Crippen molar-refractivity contribution in [3.63, 3.8) is 0 Å². The van der Waals surface area contributed by atoms with Crippen LogP contribution in [0.4, 0.5) is 0 Å². The van der Waals surface area contributed by atoms with Crippen LogP contribution in [0.1, 0.15) is 0 Å². The van der Waals surface area contributed by atoms with Gasteiger partial charge in [0.25, 0.3) is 0 Å². The van der Waals surface area contributed by atoms with Crippen LogP contribution in [0.3, 0.4) is 0 Å². The van der Waals surface area contributed by atoms with Gasteiger partial charge in [0.2, 0.25) is 0 Å².